The highest BCUT2D eigenvalue weighted by Crippen LogP contribution is 2.33. The van der Waals surface area contributed by atoms with Gasteiger partial charge in [-0.05, 0) is 45.2 Å². The van der Waals surface area contributed by atoms with Crippen molar-refractivity contribution in [2.75, 3.05) is 11.5 Å². The van der Waals surface area contributed by atoms with Crippen LogP contribution in [0.15, 0.2) is 23.3 Å². The van der Waals surface area contributed by atoms with E-state index in [0.29, 0.717) is 5.92 Å². The van der Waals surface area contributed by atoms with Gasteiger partial charge in [-0.3, -0.25) is 9.59 Å². The van der Waals surface area contributed by atoms with Gasteiger partial charge in [0.2, 0.25) is 0 Å². The number of aromatic nitrogens is 1. The molecule has 0 fully saturated rings. The van der Waals surface area contributed by atoms with E-state index in [9.17, 15) is 22.8 Å². The van der Waals surface area contributed by atoms with Crippen molar-refractivity contribution >= 4 is 17.6 Å². The number of ether oxygens (including phenoxy) is 1. The van der Waals surface area contributed by atoms with Crippen LogP contribution in [0.1, 0.15) is 45.4 Å². The molecule has 2 heterocycles. The first-order valence-corrected chi connectivity index (χ1v) is 8.68. The zero-order valence-corrected chi connectivity index (χ0v) is 16.0. The van der Waals surface area contributed by atoms with Gasteiger partial charge in [0.05, 0.1) is 29.5 Å². The van der Waals surface area contributed by atoms with E-state index < -0.39 is 23.6 Å². The number of carbonyl (C=O) groups is 2. The van der Waals surface area contributed by atoms with E-state index in [1.807, 2.05) is 6.92 Å². The van der Waals surface area contributed by atoms with Gasteiger partial charge < -0.3 is 4.74 Å². The Morgan fingerprint density at radius 1 is 1.11 bits per heavy atom. The maximum atomic E-state index is 12.9. The molecule has 27 heavy (non-hydrogen) atoms. The molecule has 0 saturated heterocycles. The van der Waals surface area contributed by atoms with E-state index in [1.165, 1.54) is 13.8 Å². The van der Waals surface area contributed by atoms with Gasteiger partial charge in [0.25, 0.3) is 11.8 Å². The summed E-state index contributed by atoms with van der Waals surface area (Å²) in [6, 6.07) is 1.86. The number of hydrogen-bond acceptors (Lipinski definition) is 4. The molecular formula is C19H23F3N2O3. The highest BCUT2D eigenvalue weighted by Gasteiger charge is 2.39. The topological polar surface area (TPSA) is 59.5 Å². The first-order chi connectivity index (χ1) is 12.4. The highest BCUT2D eigenvalue weighted by molar-refractivity contribution is 6.32. The van der Waals surface area contributed by atoms with Crippen LogP contribution in [0.25, 0.3) is 0 Å². The molecule has 2 rings (SSSR count). The summed E-state index contributed by atoms with van der Waals surface area (Å²) in [5.74, 6) is -0.908. The molecule has 0 radical (unpaired) electrons. The Hall–Kier alpha value is -2.22. The SMILES string of the molecule is CC1=C(COC(C)CC(C)C)C(=O)N(c2ccc(C(F)(F)F)c(C)n2)C1=O. The van der Waals surface area contributed by atoms with Gasteiger partial charge in [0.1, 0.15) is 5.82 Å². The summed E-state index contributed by atoms with van der Waals surface area (Å²) >= 11 is 0. The van der Waals surface area contributed by atoms with Crippen LogP contribution in [0.3, 0.4) is 0 Å². The number of hydrogen-bond donors (Lipinski definition) is 0. The van der Waals surface area contributed by atoms with E-state index in [0.717, 1.165) is 23.5 Å². The molecule has 5 nitrogen and oxygen atoms in total. The number of amides is 2. The smallest absolute Gasteiger partial charge is 0.374 e. The Morgan fingerprint density at radius 3 is 2.26 bits per heavy atom. The van der Waals surface area contributed by atoms with Crippen molar-refractivity contribution in [1.29, 1.82) is 0 Å². The van der Waals surface area contributed by atoms with Gasteiger partial charge in [-0.15, -0.1) is 0 Å². The first-order valence-electron chi connectivity index (χ1n) is 8.68. The van der Waals surface area contributed by atoms with E-state index in [-0.39, 0.29) is 35.4 Å². The molecule has 0 N–H and O–H groups in total. The summed E-state index contributed by atoms with van der Waals surface area (Å²) in [4.78, 5) is 29.8. The minimum absolute atomic E-state index is 0.0274. The largest absolute Gasteiger partial charge is 0.418 e. The summed E-state index contributed by atoms with van der Waals surface area (Å²) in [5.41, 5.74) is -0.777. The molecule has 0 aliphatic carbocycles. The molecule has 8 heteroatoms. The number of imide groups is 1. The predicted octanol–water partition coefficient (Wildman–Crippen LogP) is 4.05. The number of carbonyl (C=O) groups excluding carboxylic acids is 2. The molecule has 0 bridgehead atoms. The van der Waals surface area contributed by atoms with Crippen LogP contribution in [0.5, 0.6) is 0 Å². The zero-order chi connectivity index (χ0) is 20.5. The quantitative estimate of drug-likeness (QED) is 0.695. The van der Waals surface area contributed by atoms with Crippen LogP contribution in [-0.4, -0.2) is 29.5 Å². The molecule has 0 aromatic carbocycles. The van der Waals surface area contributed by atoms with Crippen molar-refractivity contribution in [3.05, 3.63) is 34.5 Å². The Labute approximate surface area is 156 Å². The minimum atomic E-state index is -4.55. The summed E-state index contributed by atoms with van der Waals surface area (Å²) < 4.78 is 44.3. The zero-order valence-electron chi connectivity index (χ0n) is 16.0. The molecule has 1 aliphatic heterocycles. The highest BCUT2D eigenvalue weighted by atomic mass is 19.4. The lowest BCUT2D eigenvalue weighted by Crippen LogP contribution is -2.33. The lowest BCUT2D eigenvalue weighted by Gasteiger charge is -2.18. The fourth-order valence-corrected chi connectivity index (χ4v) is 2.99. The molecule has 0 spiro atoms. The Kier molecular flexibility index (Phi) is 6.09. The van der Waals surface area contributed by atoms with Gasteiger partial charge in [0, 0.05) is 5.57 Å². The van der Waals surface area contributed by atoms with E-state index in [1.54, 1.807) is 0 Å². The number of alkyl halides is 3. The van der Waals surface area contributed by atoms with E-state index in [2.05, 4.69) is 18.8 Å². The van der Waals surface area contributed by atoms with Crippen molar-refractivity contribution in [1.82, 2.24) is 4.98 Å². The number of halogens is 3. The lowest BCUT2D eigenvalue weighted by atomic mass is 10.1. The number of aryl methyl sites for hydroxylation is 1. The van der Waals surface area contributed by atoms with E-state index in [4.69, 9.17) is 4.74 Å². The monoisotopic (exact) mass is 384 g/mol. The van der Waals surface area contributed by atoms with Crippen molar-refractivity contribution < 1.29 is 27.5 Å². The summed E-state index contributed by atoms with van der Waals surface area (Å²) in [7, 11) is 0. The second-order valence-corrected chi connectivity index (χ2v) is 7.10. The fourth-order valence-electron chi connectivity index (χ4n) is 2.99. The van der Waals surface area contributed by atoms with Gasteiger partial charge in [0.15, 0.2) is 0 Å². The molecule has 1 unspecified atom stereocenters. The first kappa shape index (κ1) is 21.1. The average molecular weight is 384 g/mol. The normalized spacial score (nSPS) is 16.7. The maximum absolute atomic E-state index is 12.9. The van der Waals surface area contributed by atoms with Crippen LogP contribution in [0.4, 0.5) is 19.0 Å². The Balaban J connectivity index is 2.21. The average Bonchev–Trinajstić information content (AvgIpc) is 2.73. The molecule has 0 saturated carbocycles. The van der Waals surface area contributed by atoms with Gasteiger partial charge >= 0.3 is 6.18 Å². The predicted molar refractivity (Wildman–Crippen MR) is 94.0 cm³/mol. The van der Waals surface area contributed by atoms with Crippen molar-refractivity contribution in [2.24, 2.45) is 5.92 Å². The fraction of sp³-hybridized carbons (Fsp3) is 0.526. The molecule has 1 atom stereocenters. The summed E-state index contributed by atoms with van der Waals surface area (Å²) in [6.07, 6.45) is -3.83. The molecule has 1 aromatic rings. The number of rotatable bonds is 6. The van der Waals surface area contributed by atoms with Gasteiger partial charge in [-0.25, -0.2) is 9.88 Å². The van der Waals surface area contributed by atoms with Crippen LogP contribution in [-0.2, 0) is 20.5 Å². The standard InChI is InChI=1S/C19H23F3N2O3/c1-10(2)8-11(3)27-9-14-12(4)17(25)24(18(14)26)16-7-6-15(13(5)23-16)19(20,21)22/h6-7,10-11H,8-9H2,1-5H3. The summed E-state index contributed by atoms with van der Waals surface area (Å²) in [6.45, 7) is 8.65. The molecular weight excluding hydrogens is 361 g/mol. The van der Waals surface area contributed by atoms with Crippen LogP contribution in [0.2, 0.25) is 0 Å². The van der Waals surface area contributed by atoms with Crippen molar-refractivity contribution in [3.63, 3.8) is 0 Å². The maximum Gasteiger partial charge on any atom is 0.418 e. The third kappa shape index (κ3) is 4.55. The van der Waals surface area contributed by atoms with Gasteiger partial charge in [-0.2, -0.15) is 13.2 Å². The van der Waals surface area contributed by atoms with E-state index >= 15 is 0 Å². The summed E-state index contributed by atoms with van der Waals surface area (Å²) in [5, 5.41) is 0. The third-order valence-corrected chi connectivity index (χ3v) is 4.36. The second kappa shape index (κ2) is 7.80. The second-order valence-electron chi connectivity index (χ2n) is 7.10. The number of anilines is 1. The van der Waals surface area contributed by atoms with Gasteiger partial charge in [-0.1, -0.05) is 13.8 Å². The Bertz CT molecular complexity index is 785. The molecule has 1 aromatic heterocycles. The Morgan fingerprint density at radius 2 is 1.74 bits per heavy atom. The van der Waals surface area contributed by atoms with Crippen molar-refractivity contribution in [2.45, 2.75) is 53.3 Å². The van der Waals surface area contributed by atoms with Crippen LogP contribution in [0, 0.1) is 12.8 Å². The molecule has 148 valence electrons. The molecule has 1 aliphatic rings. The van der Waals surface area contributed by atoms with Crippen molar-refractivity contribution in [3.8, 4) is 0 Å². The van der Waals surface area contributed by atoms with Crippen LogP contribution < -0.4 is 4.90 Å². The number of nitrogens with zero attached hydrogens (tertiary/aromatic N) is 2. The lowest BCUT2D eigenvalue weighted by molar-refractivity contribution is -0.138. The molecule has 2 amide bonds. The number of pyridine rings is 1. The van der Waals surface area contributed by atoms with Crippen LogP contribution >= 0.6 is 0 Å². The minimum Gasteiger partial charge on any atom is -0.374 e. The third-order valence-electron chi connectivity index (χ3n) is 4.36.